The highest BCUT2D eigenvalue weighted by Gasteiger charge is 2.01. The Bertz CT molecular complexity index is 271. The second-order valence-corrected chi connectivity index (χ2v) is 3.46. The van der Waals surface area contributed by atoms with Gasteiger partial charge in [-0.2, -0.15) is 5.10 Å². The molecule has 0 aliphatic rings. The molecule has 5 heteroatoms. The Kier molecular flexibility index (Phi) is 5.47. The molecule has 5 nitrogen and oxygen atoms in total. The third-order valence-corrected chi connectivity index (χ3v) is 2.14. The highest BCUT2D eigenvalue weighted by Crippen LogP contribution is 1.99. The summed E-state index contributed by atoms with van der Waals surface area (Å²) in [7, 11) is 0. The fraction of sp³-hybridized carbons (Fsp3) is 0.600. The number of rotatable bonds is 7. The van der Waals surface area contributed by atoms with Gasteiger partial charge in [-0.05, 0) is 25.5 Å². The molecule has 0 aliphatic carbocycles. The highest BCUT2D eigenvalue weighted by atomic mass is 16.1. The zero-order valence-corrected chi connectivity index (χ0v) is 8.83. The van der Waals surface area contributed by atoms with Gasteiger partial charge in [0.05, 0.1) is 12.2 Å². The maximum absolute atomic E-state index is 11.3. The van der Waals surface area contributed by atoms with Gasteiger partial charge in [-0.1, -0.05) is 6.42 Å². The van der Waals surface area contributed by atoms with E-state index in [1.807, 2.05) is 6.07 Å². The molecule has 84 valence electrons. The maximum atomic E-state index is 11.3. The van der Waals surface area contributed by atoms with Crippen molar-refractivity contribution in [3.05, 3.63) is 18.0 Å². The lowest BCUT2D eigenvalue weighted by Gasteiger charge is -2.02. The van der Waals surface area contributed by atoms with Gasteiger partial charge < -0.3 is 11.1 Å². The standard InChI is InChI=1S/C10H18N4O/c11-6-3-1-2-4-10(15)12-8-9-5-7-13-14-9/h5,7H,1-4,6,8,11H2,(H,12,15)(H,13,14). The van der Waals surface area contributed by atoms with E-state index in [1.165, 1.54) is 0 Å². The van der Waals surface area contributed by atoms with Crippen molar-refractivity contribution in [1.82, 2.24) is 15.5 Å². The second-order valence-electron chi connectivity index (χ2n) is 3.46. The predicted molar refractivity (Wildman–Crippen MR) is 58.0 cm³/mol. The first-order valence-electron chi connectivity index (χ1n) is 5.28. The number of unbranched alkanes of at least 4 members (excludes halogenated alkanes) is 2. The van der Waals surface area contributed by atoms with E-state index in [4.69, 9.17) is 5.73 Å². The summed E-state index contributed by atoms with van der Waals surface area (Å²) in [5.41, 5.74) is 6.28. The van der Waals surface area contributed by atoms with Crippen LogP contribution in [0.1, 0.15) is 31.4 Å². The summed E-state index contributed by atoms with van der Waals surface area (Å²) in [5, 5.41) is 9.40. The zero-order chi connectivity index (χ0) is 10.9. The number of aromatic amines is 1. The Hall–Kier alpha value is -1.36. The van der Waals surface area contributed by atoms with Crippen molar-refractivity contribution < 1.29 is 4.79 Å². The van der Waals surface area contributed by atoms with E-state index in [0.717, 1.165) is 25.0 Å². The Morgan fingerprint density at radius 2 is 2.33 bits per heavy atom. The topological polar surface area (TPSA) is 83.8 Å². The molecule has 1 amide bonds. The molecule has 4 N–H and O–H groups in total. The van der Waals surface area contributed by atoms with Gasteiger partial charge in [-0.25, -0.2) is 0 Å². The van der Waals surface area contributed by atoms with Crippen LogP contribution in [0.25, 0.3) is 0 Å². The molecule has 0 saturated heterocycles. The van der Waals surface area contributed by atoms with E-state index in [2.05, 4.69) is 15.5 Å². The molecule has 0 aliphatic heterocycles. The Balaban J connectivity index is 2.04. The molecule has 1 heterocycles. The first-order valence-corrected chi connectivity index (χ1v) is 5.28. The van der Waals surface area contributed by atoms with Crippen molar-refractivity contribution in [1.29, 1.82) is 0 Å². The first-order chi connectivity index (χ1) is 7.33. The lowest BCUT2D eigenvalue weighted by Crippen LogP contribution is -2.22. The molecule has 0 radical (unpaired) electrons. The molecule has 0 aromatic carbocycles. The van der Waals surface area contributed by atoms with Gasteiger partial charge in [0.15, 0.2) is 0 Å². The molecular formula is C10H18N4O. The van der Waals surface area contributed by atoms with Crippen LogP contribution in [0.2, 0.25) is 0 Å². The van der Waals surface area contributed by atoms with Crippen molar-refractivity contribution >= 4 is 5.91 Å². The van der Waals surface area contributed by atoms with Crippen molar-refractivity contribution in [3.63, 3.8) is 0 Å². The van der Waals surface area contributed by atoms with E-state index in [0.29, 0.717) is 19.5 Å². The van der Waals surface area contributed by atoms with Crippen LogP contribution >= 0.6 is 0 Å². The van der Waals surface area contributed by atoms with Gasteiger partial charge in [0.25, 0.3) is 0 Å². The maximum Gasteiger partial charge on any atom is 0.220 e. The first kappa shape index (κ1) is 11.7. The summed E-state index contributed by atoms with van der Waals surface area (Å²) < 4.78 is 0. The van der Waals surface area contributed by atoms with Gasteiger partial charge in [-0.15, -0.1) is 0 Å². The van der Waals surface area contributed by atoms with Gasteiger partial charge in [0, 0.05) is 12.6 Å². The predicted octanol–water partition coefficient (Wildman–Crippen LogP) is 0.545. The van der Waals surface area contributed by atoms with E-state index in [1.54, 1.807) is 6.20 Å². The monoisotopic (exact) mass is 210 g/mol. The number of nitrogens with two attached hydrogens (primary N) is 1. The van der Waals surface area contributed by atoms with Gasteiger partial charge in [0.2, 0.25) is 5.91 Å². The zero-order valence-electron chi connectivity index (χ0n) is 8.83. The minimum absolute atomic E-state index is 0.0848. The minimum Gasteiger partial charge on any atom is -0.350 e. The quantitative estimate of drug-likeness (QED) is 0.574. The van der Waals surface area contributed by atoms with Crippen LogP contribution in [0, 0.1) is 0 Å². The summed E-state index contributed by atoms with van der Waals surface area (Å²) in [4.78, 5) is 11.3. The summed E-state index contributed by atoms with van der Waals surface area (Å²) >= 11 is 0. The molecule has 1 aromatic heterocycles. The Morgan fingerprint density at radius 3 is 3.00 bits per heavy atom. The number of carbonyl (C=O) groups is 1. The number of aromatic nitrogens is 2. The van der Waals surface area contributed by atoms with Crippen LogP contribution in [-0.4, -0.2) is 22.6 Å². The van der Waals surface area contributed by atoms with Crippen LogP contribution in [0.5, 0.6) is 0 Å². The molecule has 0 unspecified atom stereocenters. The van der Waals surface area contributed by atoms with Crippen molar-refractivity contribution in [2.45, 2.75) is 32.2 Å². The van der Waals surface area contributed by atoms with E-state index in [-0.39, 0.29) is 5.91 Å². The molecule has 1 aromatic rings. The van der Waals surface area contributed by atoms with Crippen LogP contribution in [0.15, 0.2) is 12.3 Å². The molecule has 0 spiro atoms. The third kappa shape index (κ3) is 5.17. The highest BCUT2D eigenvalue weighted by molar-refractivity contribution is 5.75. The van der Waals surface area contributed by atoms with E-state index >= 15 is 0 Å². The third-order valence-electron chi connectivity index (χ3n) is 2.14. The fourth-order valence-electron chi connectivity index (χ4n) is 1.27. The molecule has 1 rings (SSSR count). The van der Waals surface area contributed by atoms with Gasteiger partial charge in [0.1, 0.15) is 0 Å². The number of amides is 1. The summed E-state index contributed by atoms with van der Waals surface area (Å²) in [5.74, 6) is 0.0848. The average molecular weight is 210 g/mol. The van der Waals surface area contributed by atoms with Gasteiger partial charge in [-0.3, -0.25) is 9.89 Å². The molecule has 0 bridgehead atoms. The fourth-order valence-corrected chi connectivity index (χ4v) is 1.27. The second kappa shape index (κ2) is 7.00. The summed E-state index contributed by atoms with van der Waals surface area (Å²) in [6.45, 7) is 1.23. The average Bonchev–Trinajstić information content (AvgIpc) is 2.74. The number of carbonyl (C=O) groups excluding carboxylic acids is 1. The van der Waals surface area contributed by atoms with Crippen LogP contribution < -0.4 is 11.1 Å². The summed E-state index contributed by atoms with van der Waals surface area (Å²) in [6.07, 6.45) is 5.17. The lowest BCUT2D eigenvalue weighted by atomic mass is 10.2. The molecular weight excluding hydrogens is 192 g/mol. The van der Waals surface area contributed by atoms with Gasteiger partial charge >= 0.3 is 0 Å². The molecule has 0 fully saturated rings. The van der Waals surface area contributed by atoms with Crippen LogP contribution in [-0.2, 0) is 11.3 Å². The lowest BCUT2D eigenvalue weighted by molar-refractivity contribution is -0.121. The van der Waals surface area contributed by atoms with Crippen LogP contribution in [0.3, 0.4) is 0 Å². The smallest absolute Gasteiger partial charge is 0.220 e. The molecule has 0 atom stereocenters. The largest absolute Gasteiger partial charge is 0.350 e. The van der Waals surface area contributed by atoms with Crippen LogP contribution in [0.4, 0.5) is 0 Å². The summed E-state index contributed by atoms with van der Waals surface area (Å²) in [6, 6.07) is 1.84. The molecule has 15 heavy (non-hydrogen) atoms. The number of nitrogens with one attached hydrogen (secondary N) is 2. The molecule has 0 saturated carbocycles. The minimum atomic E-state index is 0.0848. The Morgan fingerprint density at radius 1 is 1.47 bits per heavy atom. The number of H-pyrrole nitrogens is 1. The van der Waals surface area contributed by atoms with Crippen molar-refractivity contribution in [3.8, 4) is 0 Å². The van der Waals surface area contributed by atoms with Crippen molar-refractivity contribution in [2.75, 3.05) is 6.54 Å². The number of hydrogen-bond acceptors (Lipinski definition) is 3. The van der Waals surface area contributed by atoms with E-state index < -0.39 is 0 Å². The SMILES string of the molecule is NCCCCCC(=O)NCc1ccn[nH]1. The number of nitrogens with zero attached hydrogens (tertiary/aromatic N) is 1. The van der Waals surface area contributed by atoms with E-state index in [9.17, 15) is 4.79 Å². The Labute approximate surface area is 89.4 Å². The number of hydrogen-bond donors (Lipinski definition) is 3. The normalized spacial score (nSPS) is 10.2. The van der Waals surface area contributed by atoms with Crippen molar-refractivity contribution in [2.24, 2.45) is 5.73 Å².